The van der Waals surface area contributed by atoms with Crippen molar-refractivity contribution in [3.8, 4) is 0 Å². The van der Waals surface area contributed by atoms with Gasteiger partial charge < -0.3 is 0 Å². The van der Waals surface area contributed by atoms with Crippen LogP contribution in [0, 0.1) is 5.82 Å². The summed E-state index contributed by atoms with van der Waals surface area (Å²) in [6, 6.07) is 5.58. The van der Waals surface area contributed by atoms with Crippen molar-refractivity contribution in [3.63, 3.8) is 0 Å². The zero-order valence-corrected chi connectivity index (χ0v) is 10.9. The molecule has 1 heterocycles. The van der Waals surface area contributed by atoms with Crippen LogP contribution >= 0.6 is 34.5 Å². The molecule has 1 atom stereocenters. The highest BCUT2D eigenvalue weighted by Crippen LogP contribution is 2.34. The molecule has 0 aliphatic heterocycles. The van der Waals surface area contributed by atoms with Crippen molar-refractivity contribution in [1.82, 2.24) is 5.43 Å². The highest BCUT2D eigenvalue weighted by Gasteiger charge is 2.20. The van der Waals surface area contributed by atoms with E-state index >= 15 is 0 Å². The maximum absolute atomic E-state index is 13.7. The first-order valence-corrected chi connectivity index (χ1v) is 6.41. The van der Waals surface area contributed by atoms with Crippen LogP contribution in [-0.4, -0.2) is 0 Å². The third kappa shape index (κ3) is 2.61. The molecule has 0 amide bonds. The predicted molar refractivity (Wildman–Crippen MR) is 69.9 cm³/mol. The van der Waals surface area contributed by atoms with E-state index in [0.29, 0.717) is 15.6 Å². The van der Waals surface area contributed by atoms with Crippen molar-refractivity contribution in [1.29, 1.82) is 0 Å². The average Bonchev–Trinajstić information content (AvgIpc) is 2.71. The molecule has 0 saturated heterocycles. The van der Waals surface area contributed by atoms with E-state index in [1.807, 2.05) is 5.38 Å². The predicted octanol–water partition coefficient (Wildman–Crippen LogP) is 3.75. The summed E-state index contributed by atoms with van der Waals surface area (Å²) in [5.41, 5.74) is 2.94. The van der Waals surface area contributed by atoms with E-state index in [1.54, 1.807) is 6.07 Å². The number of hydrogen-bond acceptors (Lipinski definition) is 3. The van der Waals surface area contributed by atoms with Gasteiger partial charge in [-0.1, -0.05) is 23.2 Å². The fourth-order valence-corrected chi connectivity index (χ4v) is 2.98. The molecule has 2 nitrogen and oxygen atoms in total. The molecule has 1 aromatic carbocycles. The molecule has 17 heavy (non-hydrogen) atoms. The number of hydrazine groups is 1. The van der Waals surface area contributed by atoms with Gasteiger partial charge in [-0.05, 0) is 29.6 Å². The van der Waals surface area contributed by atoms with E-state index in [4.69, 9.17) is 29.0 Å². The van der Waals surface area contributed by atoms with Crippen LogP contribution in [0.15, 0.2) is 29.6 Å². The van der Waals surface area contributed by atoms with Crippen LogP contribution in [0.2, 0.25) is 10.0 Å². The Labute approximate surface area is 112 Å². The van der Waals surface area contributed by atoms with Crippen molar-refractivity contribution in [2.45, 2.75) is 6.04 Å². The Balaban J connectivity index is 2.49. The summed E-state index contributed by atoms with van der Waals surface area (Å²) in [4.78, 5) is 0.760. The van der Waals surface area contributed by atoms with Crippen molar-refractivity contribution in [2.75, 3.05) is 0 Å². The molecule has 90 valence electrons. The van der Waals surface area contributed by atoms with Crippen LogP contribution in [0.5, 0.6) is 0 Å². The minimum atomic E-state index is -0.499. The van der Waals surface area contributed by atoms with E-state index < -0.39 is 6.04 Å². The van der Waals surface area contributed by atoms with E-state index in [9.17, 15) is 4.39 Å². The lowest BCUT2D eigenvalue weighted by molar-refractivity contribution is 0.564. The number of nitrogens with two attached hydrogens (primary N) is 1. The molecule has 1 unspecified atom stereocenters. The van der Waals surface area contributed by atoms with Gasteiger partial charge in [0.15, 0.2) is 0 Å². The van der Waals surface area contributed by atoms with Gasteiger partial charge in [0.25, 0.3) is 0 Å². The molecular weight excluding hydrogens is 282 g/mol. The molecule has 0 aliphatic carbocycles. The van der Waals surface area contributed by atoms with E-state index in [0.717, 1.165) is 4.88 Å². The Morgan fingerprint density at radius 2 is 2.06 bits per heavy atom. The summed E-state index contributed by atoms with van der Waals surface area (Å²) in [5, 5.41) is 2.83. The molecule has 0 saturated carbocycles. The maximum Gasteiger partial charge on any atom is 0.128 e. The Morgan fingerprint density at radius 3 is 2.65 bits per heavy atom. The fourth-order valence-electron chi connectivity index (χ4n) is 1.55. The SMILES string of the molecule is NNC(c1cc(Cl)ccc1F)c1sccc1Cl. The van der Waals surface area contributed by atoms with Crippen LogP contribution < -0.4 is 11.3 Å². The van der Waals surface area contributed by atoms with Gasteiger partial charge in [0.1, 0.15) is 5.82 Å². The van der Waals surface area contributed by atoms with Crippen molar-refractivity contribution in [3.05, 3.63) is 55.9 Å². The minimum absolute atomic E-state index is 0.373. The maximum atomic E-state index is 13.7. The van der Waals surface area contributed by atoms with Gasteiger partial charge in [-0.15, -0.1) is 11.3 Å². The molecule has 3 N–H and O–H groups in total. The van der Waals surface area contributed by atoms with E-state index in [2.05, 4.69) is 5.43 Å². The van der Waals surface area contributed by atoms with Gasteiger partial charge in [0.05, 0.1) is 11.1 Å². The van der Waals surface area contributed by atoms with Gasteiger partial charge in [-0.2, -0.15) is 0 Å². The standard InChI is InChI=1S/C11H9Cl2FN2S/c12-6-1-2-9(14)7(5-6)10(16-15)11-8(13)3-4-17-11/h1-5,10,16H,15H2. The Morgan fingerprint density at radius 1 is 1.29 bits per heavy atom. The van der Waals surface area contributed by atoms with Gasteiger partial charge >= 0.3 is 0 Å². The Bertz CT molecular complexity index is 530. The van der Waals surface area contributed by atoms with Crippen LogP contribution in [0.1, 0.15) is 16.5 Å². The summed E-state index contributed by atoms with van der Waals surface area (Å²) in [5.74, 6) is 5.10. The summed E-state index contributed by atoms with van der Waals surface area (Å²) < 4.78 is 13.7. The molecule has 0 aliphatic rings. The van der Waals surface area contributed by atoms with Crippen LogP contribution in [0.25, 0.3) is 0 Å². The lowest BCUT2D eigenvalue weighted by Crippen LogP contribution is -2.29. The number of rotatable bonds is 3. The monoisotopic (exact) mass is 290 g/mol. The molecular formula is C11H9Cl2FN2S. The summed E-state index contributed by atoms with van der Waals surface area (Å²) in [6.07, 6.45) is 0. The quantitative estimate of drug-likeness (QED) is 0.667. The summed E-state index contributed by atoms with van der Waals surface area (Å²) in [6.45, 7) is 0. The third-order valence-electron chi connectivity index (χ3n) is 2.34. The van der Waals surface area contributed by atoms with Gasteiger partial charge in [0.2, 0.25) is 0 Å². The molecule has 6 heteroatoms. The Hall–Kier alpha value is -0.650. The second kappa shape index (κ2) is 5.33. The summed E-state index contributed by atoms with van der Waals surface area (Å²) >= 11 is 13.3. The minimum Gasteiger partial charge on any atom is -0.271 e. The smallest absolute Gasteiger partial charge is 0.128 e. The topological polar surface area (TPSA) is 38.0 Å². The molecule has 2 rings (SSSR count). The molecule has 2 aromatic rings. The highest BCUT2D eigenvalue weighted by atomic mass is 35.5. The first kappa shape index (κ1) is 12.8. The average molecular weight is 291 g/mol. The summed E-state index contributed by atoms with van der Waals surface area (Å²) in [7, 11) is 0. The van der Waals surface area contributed by atoms with E-state index in [-0.39, 0.29) is 5.82 Å². The van der Waals surface area contributed by atoms with Gasteiger partial charge in [-0.3, -0.25) is 5.84 Å². The second-order valence-electron chi connectivity index (χ2n) is 3.40. The van der Waals surface area contributed by atoms with E-state index in [1.165, 1.54) is 29.5 Å². The fraction of sp³-hybridized carbons (Fsp3) is 0.0909. The molecule has 0 bridgehead atoms. The lowest BCUT2D eigenvalue weighted by Gasteiger charge is -2.16. The van der Waals surface area contributed by atoms with Gasteiger partial charge in [-0.25, -0.2) is 9.82 Å². The zero-order valence-electron chi connectivity index (χ0n) is 8.58. The van der Waals surface area contributed by atoms with Crippen molar-refractivity contribution in [2.24, 2.45) is 5.84 Å². The van der Waals surface area contributed by atoms with Crippen LogP contribution in [0.3, 0.4) is 0 Å². The number of nitrogens with one attached hydrogen (secondary N) is 1. The van der Waals surface area contributed by atoms with Crippen LogP contribution in [-0.2, 0) is 0 Å². The number of benzene rings is 1. The molecule has 0 fully saturated rings. The zero-order chi connectivity index (χ0) is 12.4. The molecule has 0 spiro atoms. The number of thiophene rings is 1. The first-order valence-electron chi connectivity index (χ1n) is 4.77. The molecule has 1 aromatic heterocycles. The Kier molecular flexibility index (Phi) is 4.01. The number of halogens is 3. The lowest BCUT2D eigenvalue weighted by atomic mass is 10.1. The first-order chi connectivity index (χ1) is 8.13. The highest BCUT2D eigenvalue weighted by molar-refractivity contribution is 7.10. The second-order valence-corrected chi connectivity index (χ2v) is 5.19. The van der Waals surface area contributed by atoms with Crippen molar-refractivity contribution < 1.29 is 4.39 Å². The number of hydrogen-bond donors (Lipinski definition) is 2. The van der Waals surface area contributed by atoms with Crippen LogP contribution in [0.4, 0.5) is 4.39 Å². The normalized spacial score (nSPS) is 12.7. The van der Waals surface area contributed by atoms with Crippen molar-refractivity contribution >= 4 is 34.5 Å². The van der Waals surface area contributed by atoms with Gasteiger partial charge in [0, 0.05) is 15.5 Å². The molecule has 0 radical (unpaired) electrons. The third-order valence-corrected chi connectivity index (χ3v) is 4.00. The largest absolute Gasteiger partial charge is 0.271 e.